The van der Waals surface area contributed by atoms with Crippen LogP contribution in [0.3, 0.4) is 0 Å². The van der Waals surface area contributed by atoms with Gasteiger partial charge in [0.2, 0.25) is 0 Å². The molecule has 1 saturated heterocycles. The standard InChI is InChI=1S/C26H27ClF5N5O2S/c1-36(2)25(9-6-17-4-5-20(27)19(12-17)26(30,31)32)8-3-11-37(15-25)18-13-21(28)24(22(29)14-18)40(38,39)35-23-7-10-33-16-34-23/h4-5,7,10,12-14,16H,3,6,8-9,11,15H2,1-2H3,(H,33,34,35)/t25-/m0/s1. The highest BCUT2D eigenvalue weighted by Gasteiger charge is 2.39. The van der Waals surface area contributed by atoms with Crippen LogP contribution in [0, 0.1) is 11.6 Å². The minimum absolute atomic E-state index is 0.146. The second-order valence-corrected chi connectivity index (χ2v) is 11.9. The molecule has 2 aromatic carbocycles. The summed E-state index contributed by atoms with van der Waals surface area (Å²) in [5.41, 5.74) is -0.792. The molecule has 1 N–H and O–H groups in total. The molecular weight excluding hydrogens is 577 g/mol. The Kier molecular flexibility index (Phi) is 8.57. The van der Waals surface area contributed by atoms with E-state index in [1.165, 1.54) is 18.3 Å². The van der Waals surface area contributed by atoms with Gasteiger partial charge in [0.15, 0.2) is 4.90 Å². The number of anilines is 2. The van der Waals surface area contributed by atoms with E-state index in [1.807, 2.05) is 23.7 Å². The summed E-state index contributed by atoms with van der Waals surface area (Å²) in [5, 5.41) is -0.371. The van der Waals surface area contributed by atoms with Crippen LogP contribution >= 0.6 is 11.6 Å². The fourth-order valence-electron chi connectivity index (χ4n) is 4.97. The molecule has 0 radical (unpaired) electrons. The van der Waals surface area contributed by atoms with Crippen LogP contribution in [0.25, 0.3) is 0 Å². The zero-order valence-electron chi connectivity index (χ0n) is 21.6. The highest BCUT2D eigenvalue weighted by molar-refractivity contribution is 7.92. The molecule has 1 fully saturated rings. The summed E-state index contributed by atoms with van der Waals surface area (Å²) in [6.07, 6.45) is -0.0796. The van der Waals surface area contributed by atoms with Crippen LogP contribution in [0.2, 0.25) is 5.02 Å². The van der Waals surface area contributed by atoms with Crippen LogP contribution in [0.15, 0.2) is 53.8 Å². The Morgan fingerprint density at radius 2 is 1.82 bits per heavy atom. The second kappa shape index (κ2) is 11.5. The monoisotopic (exact) mass is 603 g/mol. The van der Waals surface area contributed by atoms with Crippen molar-refractivity contribution in [3.05, 3.63) is 76.7 Å². The van der Waals surface area contributed by atoms with Gasteiger partial charge in [-0.25, -0.2) is 27.2 Å². The number of halogens is 6. The molecular formula is C26H27ClF5N5O2S. The van der Waals surface area contributed by atoms with Crippen LogP contribution in [0.4, 0.5) is 33.5 Å². The lowest BCUT2D eigenvalue weighted by molar-refractivity contribution is -0.137. The first-order valence-electron chi connectivity index (χ1n) is 12.3. The number of aromatic nitrogens is 2. The number of benzene rings is 2. The molecule has 216 valence electrons. The Labute approximate surface area is 234 Å². The summed E-state index contributed by atoms with van der Waals surface area (Å²) in [6.45, 7) is 0.781. The molecule has 7 nitrogen and oxygen atoms in total. The van der Waals surface area contributed by atoms with Crippen LogP contribution in [0.5, 0.6) is 0 Å². The normalized spacial score (nSPS) is 18.3. The van der Waals surface area contributed by atoms with E-state index in [2.05, 4.69) is 9.97 Å². The summed E-state index contributed by atoms with van der Waals surface area (Å²) >= 11 is 5.76. The van der Waals surface area contributed by atoms with Gasteiger partial charge >= 0.3 is 6.18 Å². The topological polar surface area (TPSA) is 78.4 Å². The third-order valence-electron chi connectivity index (χ3n) is 7.16. The number of hydrogen-bond donors (Lipinski definition) is 1. The molecule has 1 aliphatic heterocycles. The summed E-state index contributed by atoms with van der Waals surface area (Å²) in [6, 6.07) is 7.02. The zero-order chi connectivity index (χ0) is 29.3. The molecule has 0 spiro atoms. The molecule has 0 aliphatic carbocycles. The van der Waals surface area contributed by atoms with Crippen LogP contribution < -0.4 is 9.62 Å². The molecule has 0 bridgehead atoms. The number of likely N-dealkylation sites (N-methyl/N-ethyl adjacent to an activating group) is 1. The molecule has 3 aromatic rings. The quantitative estimate of drug-likeness (QED) is 0.330. The van der Waals surface area contributed by atoms with Gasteiger partial charge in [-0.3, -0.25) is 4.72 Å². The van der Waals surface area contributed by atoms with E-state index < -0.39 is 43.8 Å². The summed E-state index contributed by atoms with van der Waals surface area (Å²) < 4.78 is 97.7. The van der Waals surface area contributed by atoms with Crippen molar-refractivity contribution in [1.82, 2.24) is 14.9 Å². The second-order valence-electron chi connectivity index (χ2n) is 9.89. The molecule has 1 aromatic heterocycles. The van der Waals surface area contributed by atoms with Crippen molar-refractivity contribution in [3.8, 4) is 0 Å². The van der Waals surface area contributed by atoms with Gasteiger partial charge in [-0.05, 0) is 75.7 Å². The van der Waals surface area contributed by atoms with Gasteiger partial charge in [-0.1, -0.05) is 17.7 Å². The van der Waals surface area contributed by atoms with Gasteiger partial charge in [0, 0.05) is 30.5 Å². The van der Waals surface area contributed by atoms with Crippen molar-refractivity contribution in [3.63, 3.8) is 0 Å². The Balaban J connectivity index is 1.57. The van der Waals surface area contributed by atoms with Crippen LogP contribution in [-0.2, 0) is 22.6 Å². The predicted octanol–water partition coefficient (Wildman–Crippen LogP) is 5.76. The number of alkyl halides is 3. The molecule has 2 heterocycles. The predicted molar refractivity (Wildman–Crippen MR) is 142 cm³/mol. The first kappa shape index (κ1) is 29.9. The van der Waals surface area contributed by atoms with Crippen molar-refractivity contribution in [2.75, 3.05) is 36.8 Å². The van der Waals surface area contributed by atoms with E-state index in [1.54, 1.807) is 11.0 Å². The summed E-state index contributed by atoms with van der Waals surface area (Å²) in [5.74, 6) is -2.68. The Morgan fingerprint density at radius 1 is 1.12 bits per heavy atom. The van der Waals surface area contributed by atoms with E-state index in [4.69, 9.17) is 11.6 Å². The van der Waals surface area contributed by atoms with Gasteiger partial charge in [-0.15, -0.1) is 0 Å². The largest absolute Gasteiger partial charge is 0.417 e. The van der Waals surface area contributed by atoms with Gasteiger partial charge < -0.3 is 9.80 Å². The average Bonchev–Trinajstić information content (AvgIpc) is 2.87. The number of rotatable bonds is 8. The molecule has 0 amide bonds. The van der Waals surface area contributed by atoms with Crippen molar-refractivity contribution in [2.24, 2.45) is 0 Å². The minimum Gasteiger partial charge on any atom is -0.370 e. The third-order valence-corrected chi connectivity index (χ3v) is 8.89. The number of aryl methyl sites for hydroxylation is 1. The molecule has 0 unspecified atom stereocenters. The van der Waals surface area contributed by atoms with E-state index in [0.29, 0.717) is 44.3 Å². The lowest BCUT2D eigenvalue weighted by atomic mass is 9.82. The van der Waals surface area contributed by atoms with Gasteiger partial charge in [0.25, 0.3) is 10.0 Å². The number of sulfonamides is 1. The number of nitrogens with one attached hydrogen (secondary N) is 1. The lowest BCUT2D eigenvalue weighted by Gasteiger charge is -2.48. The fraction of sp³-hybridized carbons (Fsp3) is 0.385. The molecule has 40 heavy (non-hydrogen) atoms. The van der Waals surface area contributed by atoms with Crippen LogP contribution in [0.1, 0.15) is 30.4 Å². The third kappa shape index (κ3) is 6.47. The first-order chi connectivity index (χ1) is 18.7. The Bertz CT molecular complexity index is 1450. The number of nitrogens with zero attached hydrogens (tertiary/aromatic N) is 4. The van der Waals surface area contributed by atoms with Crippen molar-refractivity contribution in [1.29, 1.82) is 0 Å². The average molecular weight is 604 g/mol. The number of piperidine rings is 1. The van der Waals surface area contributed by atoms with Gasteiger partial charge in [-0.2, -0.15) is 13.2 Å². The van der Waals surface area contributed by atoms with Crippen molar-refractivity contribution >= 4 is 33.1 Å². The molecule has 1 atom stereocenters. The molecule has 0 saturated carbocycles. The van der Waals surface area contributed by atoms with Gasteiger partial charge in [0.1, 0.15) is 23.8 Å². The summed E-state index contributed by atoms with van der Waals surface area (Å²) in [4.78, 5) is 9.97. The molecule has 1 aliphatic rings. The highest BCUT2D eigenvalue weighted by atomic mass is 35.5. The first-order valence-corrected chi connectivity index (χ1v) is 14.1. The highest BCUT2D eigenvalue weighted by Crippen LogP contribution is 2.38. The lowest BCUT2D eigenvalue weighted by Crippen LogP contribution is -2.56. The summed E-state index contributed by atoms with van der Waals surface area (Å²) in [7, 11) is -0.923. The van der Waals surface area contributed by atoms with E-state index in [0.717, 1.165) is 24.5 Å². The van der Waals surface area contributed by atoms with Crippen molar-refractivity contribution in [2.45, 2.75) is 42.3 Å². The fourth-order valence-corrected chi connectivity index (χ4v) is 6.33. The van der Waals surface area contributed by atoms with Gasteiger partial charge in [0.05, 0.1) is 10.6 Å². The number of hydrogen-bond acceptors (Lipinski definition) is 6. The van der Waals surface area contributed by atoms with E-state index in [9.17, 15) is 21.6 Å². The van der Waals surface area contributed by atoms with E-state index in [-0.39, 0.29) is 16.5 Å². The zero-order valence-corrected chi connectivity index (χ0v) is 23.2. The van der Waals surface area contributed by atoms with E-state index >= 15 is 8.78 Å². The molecule has 4 rings (SSSR count). The maximum Gasteiger partial charge on any atom is 0.417 e. The maximum absolute atomic E-state index is 15.1. The Morgan fingerprint density at radius 3 is 2.42 bits per heavy atom. The SMILES string of the molecule is CN(C)[C@]1(CCc2ccc(Cl)c(C(F)(F)F)c2)CCCN(c2cc(F)c(S(=O)(=O)Nc3ccncn3)c(F)c2)C1. The minimum atomic E-state index is -4.62. The smallest absolute Gasteiger partial charge is 0.370 e. The maximum atomic E-state index is 15.1. The van der Waals surface area contributed by atoms with Crippen LogP contribution in [-0.4, -0.2) is 56.0 Å². The Hall–Kier alpha value is -3.03. The van der Waals surface area contributed by atoms with Crippen molar-refractivity contribution < 1.29 is 30.4 Å². The molecule has 14 heteroatoms.